The predicted molar refractivity (Wildman–Crippen MR) is 95.1 cm³/mol. The lowest BCUT2D eigenvalue weighted by Gasteiger charge is -2.32. The topological polar surface area (TPSA) is 60.2 Å². The average Bonchev–Trinajstić information content (AvgIpc) is 3.02. The third kappa shape index (κ3) is 4.25. The monoisotopic (exact) mass is 342 g/mol. The van der Waals surface area contributed by atoms with E-state index >= 15 is 0 Å². The molecule has 1 atom stereocenters. The standard InChI is InChI=1S/C19H26N4O2/c1-14(2)25-13-19(24)22-11-15(3)23-17(20-21-18(23)12-22)10-9-16-7-5-4-6-8-16/h4-8,14-15H,9-13H2,1-3H3/t15-/m0/s1. The summed E-state index contributed by atoms with van der Waals surface area (Å²) in [5.41, 5.74) is 1.30. The smallest absolute Gasteiger partial charge is 0.249 e. The zero-order valence-corrected chi connectivity index (χ0v) is 15.2. The molecule has 0 saturated carbocycles. The fourth-order valence-corrected chi connectivity index (χ4v) is 3.20. The van der Waals surface area contributed by atoms with E-state index in [1.807, 2.05) is 24.8 Å². The molecule has 1 aliphatic heterocycles. The lowest BCUT2D eigenvalue weighted by molar-refractivity contribution is -0.139. The Morgan fingerprint density at radius 2 is 2.00 bits per heavy atom. The number of carbonyl (C=O) groups is 1. The van der Waals surface area contributed by atoms with Crippen LogP contribution >= 0.6 is 0 Å². The molecule has 1 aliphatic rings. The molecule has 1 aromatic heterocycles. The molecule has 6 nitrogen and oxygen atoms in total. The number of aryl methyl sites for hydroxylation is 2. The van der Waals surface area contributed by atoms with Crippen LogP contribution in [0.2, 0.25) is 0 Å². The van der Waals surface area contributed by atoms with Crippen molar-refractivity contribution in [2.24, 2.45) is 0 Å². The fourth-order valence-electron chi connectivity index (χ4n) is 3.20. The fraction of sp³-hybridized carbons (Fsp3) is 0.526. The van der Waals surface area contributed by atoms with Gasteiger partial charge in [-0.15, -0.1) is 10.2 Å². The highest BCUT2D eigenvalue weighted by atomic mass is 16.5. The summed E-state index contributed by atoms with van der Waals surface area (Å²) in [7, 11) is 0. The molecule has 0 radical (unpaired) electrons. The number of hydrogen-bond acceptors (Lipinski definition) is 4. The van der Waals surface area contributed by atoms with E-state index in [2.05, 4.69) is 46.0 Å². The second kappa shape index (κ2) is 7.78. The van der Waals surface area contributed by atoms with E-state index in [-0.39, 0.29) is 24.7 Å². The zero-order chi connectivity index (χ0) is 17.8. The van der Waals surface area contributed by atoms with Crippen molar-refractivity contribution in [2.45, 2.75) is 52.3 Å². The van der Waals surface area contributed by atoms with E-state index in [9.17, 15) is 4.79 Å². The molecule has 134 valence electrons. The molecule has 2 aromatic rings. The van der Waals surface area contributed by atoms with Crippen LogP contribution in [0.3, 0.4) is 0 Å². The Kier molecular flexibility index (Phi) is 5.48. The first kappa shape index (κ1) is 17.6. The molecular formula is C19H26N4O2. The van der Waals surface area contributed by atoms with E-state index in [1.165, 1.54) is 5.56 Å². The van der Waals surface area contributed by atoms with Crippen LogP contribution in [0, 0.1) is 0 Å². The van der Waals surface area contributed by atoms with Crippen molar-refractivity contribution in [1.29, 1.82) is 0 Å². The van der Waals surface area contributed by atoms with Crippen LogP contribution in [0.15, 0.2) is 30.3 Å². The summed E-state index contributed by atoms with van der Waals surface area (Å²) in [4.78, 5) is 14.1. The van der Waals surface area contributed by atoms with Gasteiger partial charge in [0.1, 0.15) is 12.4 Å². The largest absolute Gasteiger partial charge is 0.369 e. The van der Waals surface area contributed by atoms with Crippen LogP contribution in [0.4, 0.5) is 0 Å². The van der Waals surface area contributed by atoms with Crippen molar-refractivity contribution in [3.63, 3.8) is 0 Å². The Morgan fingerprint density at radius 1 is 1.24 bits per heavy atom. The molecule has 3 rings (SSSR count). The molecule has 2 heterocycles. The van der Waals surface area contributed by atoms with Gasteiger partial charge in [0, 0.05) is 13.0 Å². The number of amides is 1. The highest BCUT2D eigenvalue weighted by Gasteiger charge is 2.29. The number of ether oxygens (including phenoxy) is 1. The summed E-state index contributed by atoms with van der Waals surface area (Å²) in [6, 6.07) is 10.6. The molecule has 1 amide bonds. The molecular weight excluding hydrogens is 316 g/mol. The highest BCUT2D eigenvalue weighted by Crippen LogP contribution is 2.22. The number of benzene rings is 1. The van der Waals surface area contributed by atoms with E-state index in [4.69, 9.17) is 4.74 Å². The quantitative estimate of drug-likeness (QED) is 0.809. The van der Waals surface area contributed by atoms with Gasteiger partial charge in [-0.3, -0.25) is 4.79 Å². The van der Waals surface area contributed by atoms with Gasteiger partial charge in [-0.25, -0.2) is 0 Å². The second-order valence-electron chi connectivity index (χ2n) is 6.87. The van der Waals surface area contributed by atoms with Gasteiger partial charge >= 0.3 is 0 Å². The molecule has 0 fully saturated rings. The normalized spacial score (nSPS) is 17.0. The van der Waals surface area contributed by atoms with Gasteiger partial charge in [0.2, 0.25) is 5.91 Å². The maximum Gasteiger partial charge on any atom is 0.249 e. The van der Waals surface area contributed by atoms with Crippen molar-refractivity contribution >= 4 is 5.91 Å². The summed E-state index contributed by atoms with van der Waals surface area (Å²) < 4.78 is 7.63. The first-order valence-corrected chi connectivity index (χ1v) is 8.90. The molecule has 0 N–H and O–H groups in total. The Hall–Kier alpha value is -2.21. The van der Waals surface area contributed by atoms with Gasteiger partial charge in [-0.2, -0.15) is 0 Å². The zero-order valence-electron chi connectivity index (χ0n) is 15.2. The summed E-state index contributed by atoms with van der Waals surface area (Å²) in [5, 5.41) is 8.70. The predicted octanol–water partition coefficient (Wildman–Crippen LogP) is 2.39. The van der Waals surface area contributed by atoms with Gasteiger partial charge in [0.25, 0.3) is 0 Å². The van der Waals surface area contributed by atoms with Gasteiger partial charge in [0.15, 0.2) is 5.82 Å². The first-order chi connectivity index (χ1) is 12.0. The second-order valence-corrected chi connectivity index (χ2v) is 6.87. The summed E-state index contributed by atoms with van der Waals surface area (Å²) in [6.07, 6.45) is 1.85. The van der Waals surface area contributed by atoms with Crippen LogP contribution < -0.4 is 0 Å². The third-order valence-corrected chi connectivity index (χ3v) is 4.47. The van der Waals surface area contributed by atoms with E-state index < -0.39 is 0 Å². The van der Waals surface area contributed by atoms with Gasteiger partial charge in [-0.1, -0.05) is 30.3 Å². The van der Waals surface area contributed by atoms with Crippen LogP contribution in [-0.4, -0.2) is 44.8 Å². The van der Waals surface area contributed by atoms with Crippen LogP contribution in [0.25, 0.3) is 0 Å². The van der Waals surface area contributed by atoms with Crippen molar-refractivity contribution in [3.8, 4) is 0 Å². The van der Waals surface area contributed by atoms with Crippen LogP contribution in [0.1, 0.15) is 44.0 Å². The van der Waals surface area contributed by atoms with E-state index in [0.717, 1.165) is 24.5 Å². The van der Waals surface area contributed by atoms with E-state index in [1.54, 1.807) is 0 Å². The Morgan fingerprint density at radius 3 is 2.72 bits per heavy atom. The highest BCUT2D eigenvalue weighted by molar-refractivity contribution is 5.77. The molecule has 25 heavy (non-hydrogen) atoms. The molecule has 1 aromatic carbocycles. The van der Waals surface area contributed by atoms with Crippen LogP contribution in [0.5, 0.6) is 0 Å². The average molecular weight is 342 g/mol. The number of rotatable bonds is 6. The maximum absolute atomic E-state index is 12.3. The number of carbonyl (C=O) groups excluding carboxylic acids is 1. The molecule has 0 unspecified atom stereocenters. The first-order valence-electron chi connectivity index (χ1n) is 8.90. The van der Waals surface area contributed by atoms with Crippen molar-refractivity contribution in [2.75, 3.05) is 13.2 Å². The lowest BCUT2D eigenvalue weighted by atomic mass is 10.1. The number of hydrogen-bond donors (Lipinski definition) is 0. The number of aromatic nitrogens is 3. The molecule has 0 bridgehead atoms. The Labute approximate surface area is 148 Å². The lowest BCUT2D eigenvalue weighted by Crippen LogP contribution is -2.42. The molecule has 6 heteroatoms. The third-order valence-electron chi connectivity index (χ3n) is 4.47. The molecule has 0 saturated heterocycles. The van der Waals surface area contributed by atoms with Crippen LogP contribution in [-0.2, 0) is 28.9 Å². The Bertz CT molecular complexity index is 711. The molecule has 0 aliphatic carbocycles. The van der Waals surface area contributed by atoms with Crippen molar-refractivity contribution < 1.29 is 9.53 Å². The van der Waals surface area contributed by atoms with Gasteiger partial charge < -0.3 is 14.2 Å². The molecule has 0 spiro atoms. The minimum absolute atomic E-state index is 0.0145. The summed E-state index contributed by atoms with van der Waals surface area (Å²) >= 11 is 0. The van der Waals surface area contributed by atoms with E-state index in [0.29, 0.717) is 13.1 Å². The van der Waals surface area contributed by atoms with Gasteiger partial charge in [-0.05, 0) is 32.8 Å². The number of fused-ring (bicyclic) bond motifs is 1. The van der Waals surface area contributed by atoms with Crippen molar-refractivity contribution in [3.05, 3.63) is 47.5 Å². The minimum Gasteiger partial charge on any atom is -0.369 e. The minimum atomic E-state index is 0.0145. The van der Waals surface area contributed by atoms with Crippen molar-refractivity contribution in [1.82, 2.24) is 19.7 Å². The maximum atomic E-state index is 12.3. The summed E-state index contributed by atoms with van der Waals surface area (Å²) in [5.74, 6) is 1.87. The Balaban J connectivity index is 1.65. The summed E-state index contributed by atoms with van der Waals surface area (Å²) in [6.45, 7) is 7.27. The number of nitrogens with zero attached hydrogens (tertiary/aromatic N) is 4. The SMILES string of the molecule is CC(C)OCC(=O)N1Cc2nnc(CCc3ccccc3)n2[C@@H](C)C1. The van der Waals surface area contributed by atoms with Gasteiger partial charge in [0.05, 0.1) is 18.7 Å².